The van der Waals surface area contributed by atoms with Gasteiger partial charge in [-0.1, -0.05) is 0 Å². The third-order valence-electron chi connectivity index (χ3n) is 1.56. The zero-order valence-corrected chi connectivity index (χ0v) is 10.3. The fraction of sp³-hybridized carbons (Fsp3) is 0. The summed E-state index contributed by atoms with van der Waals surface area (Å²) in [5.74, 6) is 0. The molecule has 0 aliphatic carbocycles. The molecule has 5 heteroatoms. The second-order valence-electron chi connectivity index (χ2n) is 2.30. The van der Waals surface area contributed by atoms with E-state index in [0.717, 1.165) is 15.0 Å². The number of aromatic amines is 2. The molecule has 2 aromatic rings. The Kier molecular flexibility index (Phi) is 2.40. The van der Waals surface area contributed by atoms with Crippen LogP contribution in [-0.2, 0) is 0 Å². The molecule has 2 rings (SSSR count). The van der Waals surface area contributed by atoms with Crippen molar-refractivity contribution in [3.05, 3.63) is 25.7 Å². The third-order valence-corrected chi connectivity index (χ3v) is 3.28. The van der Waals surface area contributed by atoms with Gasteiger partial charge in [0.2, 0.25) is 0 Å². The molecule has 12 heavy (non-hydrogen) atoms. The molecular weight excluding hydrogens is 380 g/mol. The summed E-state index contributed by atoms with van der Waals surface area (Å²) in [6, 6.07) is 2.04. The van der Waals surface area contributed by atoms with E-state index < -0.39 is 0 Å². The highest BCUT2D eigenvalue weighted by Crippen LogP contribution is 2.25. The molecule has 3 nitrogen and oxygen atoms in total. The minimum absolute atomic E-state index is 1.06. The number of rotatable bonds is 1. The molecule has 0 bridgehead atoms. The first kappa shape index (κ1) is 8.54. The van der Waals surface area contributed by atoms with Crippen LogP contribution >= 0.6 is 45.2 Å². The molecule has 0 radical (unpaired) electrons. The van der Waals surface area contributed by atoms with Gasteiger partial charge in [-0.15, -0.1) is 0 Å². The van der Waals surface area contributed by atoms with Crippen LogP contribution in [-0.4, -0.2) is 15.2 Å². The van der Waals surface area contributed by atoms with Crippen LogP contribution in [0.15, 0.2) is 18.5 Å². The van der Waals surface area contributed by atoms with Gasteiger partial charge in [-0.3, -0.25) is 5.10 Å². The SMILES string of the molecule is Ic1cc[nH]c1-c1cn[nH]c1I. The van der Waals surface area contributed by atoms with E-state index in [1.807, 2.05) is 18.5 Å². The molecule has 0 fully saturated rings. The summed E-state index contributed by atoms with van der Waals surface area (Å²) in [5.41, 5.74) is 2.26. The third kappa shape index (κ3) is 1.39. The molecule has 0 saturated heterocycles. The second-order valence-corrected chi connectivity index (χ2v) is 4.54. The highest BCUT2D eigenvalue weighted by atomic mass is 127. The van der Waals surface area contributed by atoms with E-state index in [2.05, 4.69) is 60.4 Å². The Morgan fingerprint density at radius 2 is 2.17 bits per heavy atom. The molecule has 0 unspecified atom stereocenters. The van der Waals surface area contributed by atoms with Crippen LogP contribution in [0.2, 0.25) is 0 Å². The van der Waals surface area contributed by atoms with E-state index in [1.54, 1.807) is 0 Å². The molecule has 0 aliphatic heterocycles. The molecule has 0 amide bonds. The number of hydrogen-bond acceptors (Lipinski definition) is 1. The first-order chi connectivity index (χ1) is 5.79. The summed E-state index contributed by atoms with van der Waals surface area (Å²) in [6.07, 6.45) is 3.76. The number of H-pyrrole nitrogens is 2. The maximum Gasteiger partial charge on any atom is 0.105 e. The summed E-state index contributed by atoms with van der Waals surface area (Å²) in [5, 5.41) is 6.86. The van der Waals surface area contributed by atoms with E-state index in [4.69, 9.17) is 0 Å². The largest absolute Gasteiger partial charge is 0.360 e. The van der Waals surface area contributed by atoms with Gasteiger partial charge in [0.05, 0.1) is 17.5 Å². The highest BCUT2D eigenvalue weighted by molar-refractivity contribution is 14.1. The molecule has 62 valence electrons. The monoisotopic (exact) mass is 385 g/mol. The van der Waals surface area contributed by atoms with Gasteiger partial charge in [0, 0.05) is 9.77 Å². The predicted molar refractivity (Wildman–Crippen MR) is 63.8 cm³/mol. The molecule has 0 aromatic carbocycles. The maximum absolute atomic E-state index is 3.96. The zero-order chi connectivity index (χ0) is 8.55. The smallest absolute Gasteiger partial charge is 0.105 e. The number of nitrogens with zero attached hydrogens (tertiary/aromatic N) is 1. The van der Waals surface area contributed by atoms with Gasteiger partial charge in [-0.25, -0.2) is 0 Å². The average Bonchev–Trinajstić information content (AvgIpc) is 2.59. The highest BCUT2D eigenvalue weighted by Gasteiger charge is 2.08. The maximum atomic E-state index is 3.96. The van der Waals surface area contributed by atoms with Crippen molar-refractivity contribution in [1.82, 2.24) is 15.2 Å². The average molecular weight is 385 g/mol. The number of halogens is 2. The summed E-state index contributed by atoms with van der Waals surface area (Å²) in [4.78, 5) is 3.18. The van der Waals surface area contributed by atoms with Gasteiger partial charge in [0.25, 0.3) is 0 Å². The topological polar surface area (TPSA) is 44.5 Å². The molecular formula is C7H5I2N3. The molecule has 2 N–H and O–H groups in total. The van der Waals surface area contributed by atoms with Crippen molar-refractivity contribution in [2.24, 2.45) is 0 Å². The van der Waals surface area contributed by atoms with Gasteiger partial charge in [-0.05, 0) is 51.2 Å². The second kappa shape index (κ2) is 3.36. The van der Waals surface area contributed by atoms with Crippen molar-refractivity contribution in [3.63, 3.8) is 0 Å². The summed E-state index contributed by atoms with van der Waals surface area (Å²) in [7, 11) is 0. The van der Waals surface area contributed by atoms with Crippen molar-refractivity contribution < 1.29 is 0 Å². The lowest BCUT2D eigenvalue weighted by Gasteiger charge is -1.94. The van der Waals surface area contributed by atoms with E-state index in [1.165, 1.54) is 3.57 Å². The minimum atomic E-state index is 1.06. The first-order valence-electron chi connectivity index (χ1n) is 3.31. The van der Waals surface area contributed by atoms with Crippen LogP contribution in [0.3, 0.4) is 0 Å². The Morgan fingerprint density at radius 1 is 1.33 bits per heavy atom. The summed E-state index contributed by atoms with van der Waals surface area (Å²) in [6.45, 7) is 0. The number of aromatic nitrogens is 3. The van der Waals surface area contributed by atoms with Crippen molar-refractivity contribution in [2.75, 3.05) is 0 Å². The van der Waals surface area contributed by atoms with Gasteiger partial charge >= 0.3 is 0 Å². The number of hydrogen-bond donors (Lipinski definition) is 2. The fourth-order valence-corrected chi connectivity index (χ4v) is 2.18. The molecule has 0 aliphatic rings. The van der Waals surface area contributed by atoms with Gasteiger partial charge in [0.1, 0.15) is 3.70 Å². The molecule has 0 spiro atoms. The van der Waals surface area contributed by atoms with Gasteiger partial charge < -0.3 is 4.98 Å². The fourth-order valence-electron chi connectivity index (χ4n) is 1.00. The molecule has 0 saturated carbocycles. The van der Waals surface area contributed by atoms with Crippen LogP contribution in [0.5, 0.6) is 0 Å². The van der Waals surface area contributed by atoms with E-state index in [0.29, 0.717) is 0 Å². The Hall–Kier alpha value is -0.0500. The van der Waals surface area contributed by atoms with Crippen molar-refractivity contribution in [3.8, 4) is 11.3 Å². The normalized spacial score (nSPS) is 10.5. The van der Waals surface area contributed by atoms with Crippen molar-refractivity contribution >= 4 is 45.2 Å². The number of nitrogens with one attached hydrogen (secondary N) is 2. The summed E-state index contributed by atoms with van der Waals surface area (Å²) < 4.78 is 2.28. The van der Waals surface area contributed by atoms with Crippen LogP contribution in [0.25, 0.3) is 11.3 Å². The lowest BCUT2D eigenvalue weighted by atomic mass is 10.3. The van der Waals surface area contributed by atoms with Gasteiger partial charge in [0.15, 0.2) is 0 Å². The van der Waals surface area contributed by atoms with Crippen LogP contribution in [0, 0.1) is 7.27 Å². The Labute approximate surface area is 96.6 Å². The van der Waals surface area contributed by atoms with Gasteiger partial charge in [-0.2, -0.15) is 5.10 Å². The Bertz CT molecular complexity index is 353. The quantitative estimate of drug-likeness (QED) is 0.729. The molecule has 0 atom stereocenters. The van der Waals surface area contributed by atoms with Crippen molar-refractivity contribution in [2.45, 2.75) is 0 Å². The molecule has 2 heterocycles. The lowest BCUT2D eigenvalue weighted by Crippen LogP contribution is -1.80. The van der Waals surface area contributed by atoms with E-state index in [9.17, 15) is 0 Å². The molecule has 2 aromatic heterocycles. The Balaban J connectivity index is 2.57. The first-order valence-corrected chi connectivity index (χ1v) is 5.47. The predicted octanol–water partition coefficient (Wildman–Crippen LogP) is 2.61. The van der Waals surface area contributed by atoms with Crippen LogP contribution < -0.4 is 0 Å². The lowest BCUT2D eigenvalue weighted by molar-refractivity contribution is 1.07. The van der Waals surface area contributed by atoms with Crippen LogP contribution in [0.1, 0.15) is 0 Å². The Morgan fingerprint density at radius 3 is 2.67 bits per heavy atom. The van der Waals surface area contributed by atoms with Crippen LogP contribution in [0.4, 0.5) is 0 Å². The minimum Gasteiger partial charge on any atom is -0.360 e. The standard InChI is InChI=1S/C7H5I2N3/c8-5-1-2-10-6(5)4-3-11-12-7(4)9/h1-3,10H,(H,11,12). The van der Waals surface area contributed by atoms with E-state index >= 15 is 0 Å². The van der Waals surface area contributed by atoms with E-state index in [-0.39, 0.29) is 0 Å². The summed E-state index contributed by atoms with van der Waals surface area (Å²) >= 11 is 4.53. The van der Waals surface area contributed by atoms with Crippen molar-refractivity contribution in [1.29, 1.82) is 0 Å². The zero-order valence-electron chi connectivity index (χ0n) is 5.94.